The van der Waals surface area contributed by atoms with Crippen molar-refractivity contribution in [3.8, 4) is 0 Å². The van der Waals surface area contributed by atoms with Crippen LogP contribution in [0.15, 0.2) is 41.8 Å². The number of carbonyl (C=O) groups excluding carboxylic acids is 2. The van der Waals surface area contributed by atoms with E-state index in [9.17, 15) is 19.5 Å². The lowest BCUT2D eigenvalue weighted by atomic mass is 9.97. The Balaban J connectivity index is 2.01. The van der Waals surface area contributed by atoms with Crippen LogP contribution < -0.4 is 11.1 Å². The molecule has 2 atom stereocenters. The summed E-state index contributed by atoms with van der Waals surface area (Å²) in [6.07, 6.45) is 1.70. The molecule has 0 aliphatic heterocycles. The summed E-state index contributed by atoms with van der Waals surface area (Å²) in [4.78, 5) is 36.8. The van der Waals surface area contributed by atoms with E-state index in [-0.39, 0.29) is 11.7 Å². The van der Waals surface area contributed by atoms with Crippen molar-refractivity contribution in [3.63, 3.8) is 0 Å². The van der Waals surface area contributed by atoms with Crippen molar-refractivity contribution in [2.75, 3.05) is 6.54 Å². The predicted molar refractivity (Wildman–Crippen MR) is 105 cm³/mol. The highest BCUT2D eigenvalue weighted by atomic mass is 32.1. The van der Waals surface area contributed by atoms with Gasteiger partial charge in [-0.2, -0.15) is 0 Å². The quantitative estimate of drug-likeness (QED) is 0.428. The number of carboxylic acids is 1. The minimum absolute atomic E-state index is 0.0560. The fourth-order valence-electron chi connectivity index (χ4n) is 2.67. The van der Waals surface area contributed by atoms with Crippen LogP contribution in [-0.4, -0.2) is 35.4 Å². The van der Waals surface area contributed by atoms with E-state index in [0.717, 1.165) is 12.0 Å². The minimum Gasteiger partial charge on any atom is -0.480 e. The van der Waals surface area contributed by atoms with Gasteiger partial charge in [-0.3, -0.25) is 9.59 Å². The van der Waals surface area contributed by atoms with Crippen molar-refractivity contribution in [1.82, 2.24) is 5.32 Å². The van der Waals surface area contributed by atoms with Crippen molar-refractivity contribution >= 4 is 29.0 Å². The van der Waals surface area contributed by atoms with E-state index in [2.05, 4.69) is 5.32 Å². The lowest BCUT2D eigenvalue weighted by Crippen LogP contribution is -2.42. The van der Waals surface area contributed by atoms with Crippen LogP contribution in [0.2, 0.25) is 0 Å². The standard InChI is InChI=1S/C20H24N2O4S/c1-13(19(24)22-16(20(25)26)5-2-3-11-21)14-7-9-15(10-8-14)18(23)17-6-4-12-27-17/h4,6-10,12-13,16H,2-3,5,11,21H2,1H3,(H,22,24)(H,25,26)/t13?,16-/m0/s1. The molecular formula is C20H24N2O4S. The van der Waals surface area contributed by atoms with Gasteiger partial charge in [-0.05, 0) is 49.7 Å². The zero-order valence-corrected chi connectivity index (χ0v) is 16.0. The number of rotatable bonds is 10. The van der Waals surface area contributed by atoms with Crippen LogP contribution in [0.4, 0.5) is 0 Å². The average Bonchev–Trinajstić information content (AvgIpc) is 3.20. The first-order chi connectivity index (χ1) is 12.9. The van der Waals surface area contributed by atoms with Crippen molar-refractivity contribution in [2.24, 2.45) is 5.73 Å². The number of nitrogens with two attached hydrogens (primary N) is 1. The van der Waals surface area contributed by atoms with Gasteiger partial charge in [0.05, 0.1) is 10.8 Å². The van der Waals surface area contributed by atoms with E-state index in [1.807, 2.05) is 11.4 Å². The number of carbonyl (C=O) groups is 3. The Morgan fingerprint density at radius 1 is 1.15 bits per heavy atom. The monoisotopic (exact) mass is 388 g/mol. The van der Waals surface area contributed by atoms with Gasteiger partial charge in [-0.25, -0.2) is 4.79 Å². The van der Waals surface area contributed by atoms with Gasteiger partial charge < -0.3 is 16.2 Å². The van der Waals surface area contributed by atoms with Crippen LogP contribution in [0.25, 0.3) is 0 Å². The third-order valence-corrected chi connectivity index (χ3v) is 5.24. The fourth-order valence-corrected chi connectivity index (χ4v) is 3.36. The summed E-state index contributed by atoms with van der Waals surface area (Å²) >= 11 is 1.38. The molecule has 0 radical (unpaired) electrons. The Hall–Kier alpha value is -2.51. The molecule has 0 aliphatic rings. The molecule has 27 heavy (non-hydrogen) atoms. The fraction of sp³-hybridized carbons (Fsp3) is 0.350. The van der Waals surface area contributed by atoms with Crippen LogP contribution in [0, 0.1) is 0 Å². The van der Waals surface area contributed by atoms with Gasteiger partial charge in [0.1, 0.15) is 6.04 Å². The topological polar surface area (TPSA) is 109 Å². The smallest absolute Gasteiger partial charge is 0.326 e. The molecule has 0 aliphatic carbocycles. The van der Waals surface area contributed by atoms with Gasteiger partial charge >= 0.3 is 5.97 Å². The van der Waals surface area contributed by atoms with E-state index in [4.69, 9.17) is 5.73 Å². The lowest BCUT2D eigenvalue weighted by molar-refractivity contribution is -0.142. The van der Waals surface area contributed by atoms with E-state index >= 15 is 0 Å². The number of hydrogen-bond donors (Lipinski definition) is 3. The molecule has 2 aromatic rings. The lowest BCUT2D eigenvalue weighted by Gasteiger charge is -2.18. The second-order valence-electron chi connectivity index (χ2n) is 6.33. The highest BCUT2D eigenvalue weighted by Crippen LogP contribution is 2.20. The van der Waals surface area contributed by atoms with Crippen LogP contribution >= 0.6 is 11.3 Å². The molecule has 2 rings (SSSR count). The third-order valence-electron chi connectivity index (χ3n) is 4.37. The molecular weight excluding hydrogens is 364 g/mol. The summed E-state index contributed by atoms with van der Waals surface area (Å²) in [7, 11) is 0. The van der Waals surface area contributed by atoms with Crippen LogP contribution in [-0.2, 0) is 9.59 Å². The van der Waals surface area contributed by atoms with Gasteiger partial charge in [-0.1, -0.05) is 30.3 Å². The first-order valence-corrected chi connectivity index (χ1v) is 9.73. The van der Waals surface area contributed by atoms with E-state index in [1.165, 1.54) is 11.3 Å². The molecule has 0 spiro atoms. The highest BCUT2D eigenvalue weighted by molar-refractivity contribution is 7.12. The van der Waals surface area contributed by atoms with Crippen molar-refractivity contribution in [2.45, 2.75) is 38.1 Å². The molecule has 0 saturated heterocycles. The SMILES string of the molecule is CC(C(=O)N[C@@H](CCCCN)C(=O)O)c1ccc(C(=O)c2cccs2)cc1. The third kappa shape index (κ3) is 5.74. The summed E-state index contributed by atoms with van der Waals surface area (Å²) in [6, 6.07) is 9.52. The van der Waals surface area contributed by atoms with Gasteiger partial charge in [0.15, 0.2) is 0 Å². The first kappa shape index (κ1) is 20.8. The molecule has 1 unspecified atom stereocenters. The normalized spacial score (nSPS) is 13.0. The van der Waals surface area contributed by atoms with Gasteiger partial charge in [0, 0.05) is 5.56 Å². The molecule has 0 bridgehead atoms. The predicted octanol–water partition coefficient (Wildman–Crippen LogP) is 2.78. The molecule has 0 fully saturated rings. The Labute approximate surface area is 162 Å². The maximum atomic E-state index is 12.4. The average molecular weight is 388 g/mol. The van der Waals surface area contributed by atoms with E-state index in [1.54, 1.807) is 37.3 Å². The molecule has 6 nitrogen and oxygen atoms in total. The zero-order valence-electron chi connectivity index (χ0n) is 15.2. The highest BCUT2D eigenvalue weighted by Gasteiger charge is 2.23. The number of thiophene rings is 1. The minimum atomic E-state index is -1.05. The number of amides is 1. The summed E-state index contributed by atoms with van der Waals surface area (Å²) in [5.41, 5.74) is 6.70. The van der Waals surface area contributed by atoms with E-state index < -0.39 is 17.9 Å². The molecule has 1 aromatic carbocycles. The van der Waals surface area contributed by atoms with Crippen molar-refractivity contribution < 1.29 is 19.5 Å². The maximum absolute atomic E-state index is 12.4. The molecule has 4 N–H and O–H groups in total. The van der Waals surface area contributed by atoms with E-state index in [0.29, 0.717) is 29.8 Å². The molecule has 0 saturated carbocycles. The molecule has 1 amide bonds. The Kier molecular flexibility index (Phi) is 7.69. The number of carboxylic acid groups (broad SMARTS) is 1. The molecule has 7 heteroatoms. The number of ketones is 1. The second-order valence-corrected chi connectivity index (χ2v) is 7.28. The largest absolute Gasteiger partial charge is 0.480 e. The molecule has 1 heterocycles. The first-order valence-electron chi connectivity index (χ1n) is 8.85. The van der Waals surface area contributed by atoms with Gasteiger partial charge in [0.25, 0.3) is 0 Å². The summed E-state index contributed by atoms with van der Waals surface area (Å²) in [6.45, 7) is 2.21. The Morgan fingerprint density at radius 2 is 1.85 bits per heavy atom. The number of hydrogen-bond acceptors (Lipinski definition) is 5. The Morgan fingerprint density at radius 3 is 2.41 bits per heavy atom. The van der Waals surface area contributed by atoms with Crippen LogP contribution in [0.1, 0.15) is 52.9 Å². The number of nitrogens with one attached hydrogen (secondary N) is 1. The summed E-state index contributed by atoms with van der Waals surface area (Å²) in [5, 5.41) is 13.7. The summed E-state index contributed by atoms with van der Waals surface area (Å²) in [5.74, 6) is -1.98. The molecule has 144 valence electrons. The maximum Gasteiger partial charge on any atom is 0.326 e. The zero-order chi connectivity index (χ0) is 19.8. The molecule has 1 aromatic heterocycles. The van der Waals surface area contributed by atoms with Crippen LogP contribution in [0.5, 0.6) is 0 Å². The van der Waals surface area contributed by atoms with Crippen molar-refractivity contribution in [3.05, 3.63) is 57.8 Å². The van der Waals surface area contributed by atoms with Crippen LogP contribution in [0.3, 0.4) is 0 Å². The number of unbranched alkanes of at least 4 members (excludes halogenated alkanes) is 1. The number of benzene rings is 1. The summed E-state index contributed by atoms with van der Waals surface area (Å²) < 4.78 is 0. The second kappa shape index (κ2) is 9.99. The van der Waals surface area contributed by atoms with Gasteiger partial charge in [-0.15, -0.1) is 11.3 Å². The Bertz CT molecular complexity index is 772. The van der Waals surface area contributed by atoms with Gasteiger partial charge in [0.2, 0.25) is 11.7 Å². The number of aliphatic carboxylic acids is 1. The van der Waals surface area contributed by atoms with Crippen molar-refractivity contribution in [1.29, 1.82) is 0 Å².